The van der Waals surface area contributed by atoms with Crippen molar-refractivity contribution < 1.29 is 0 Å². The standard InChI is InChI=1S/C52H37N/c1-3-16-38(17-4-1)40-32-34-45(35-33-40)53(46-23-15-22-43(37-46)44-31-30-39-18-7-8-21-42(39)36-44)52-29-14-13-28-51(52)50-27-12-11-26-49(50)48-25-10-9-24-47(48)41-19-5-2-6-20-41/h1-37H. The van der Waals surface area contributed by atoms with Crippen molar-refractivity contribution in [1.29, 1.82) is 0 Å². The summed E-state index contributed by atoms with van der Waals surface area (Å²) >= 11 is 0. The highest BCUT2D eigenvalue weighted by Crippen LogP contribution is 2.46. The highest BCUT2D eigenvalue weighted by atomic mass is 15.1. The number of hydrogen-bond donors (Lipinski definition) is 0. The molecule has 9 aromatic rings. The van der Waals surface area contributed by atoms with Gasteiger partial charge in [-0.15, -0.1) is 0 Å². The first-order valence-corrected chi connectivity index (χ1v) is 18.2. The van der Waals surface area contributed by atoms with Crippen molar-refractivity contribution in [3.05, 3.63) is 224 Å². The maximum absolute atomic E-state index is 2.41. The van der Waals surface area contributed by atoms with E-state index in [2.05, 4.69) is 229 Å². The van der Waals surface area contributed by atoms with Gasteiger partial charge in [-0.25, -0.2) is 0 Å². The summed E-state index contributed by atoms with van der Waals surface area (Å²) in [6, 6.07) is 80.9. The number of rotatable bonds is 8. The zero-order chi connectivity index (χ0) is 35.4. The minimum atomic E-state index is 1.09. The largest absolute Gasteiger partial charge is 0.310 e. The fraction of sp³-hybridized carbons (Fsp3) is 0. The minimum absolute atomic E-state index is 1.09. The molecule has 0 aromatic heterocycles. The molecule has 0 atom stereocenters. The van der Waals surface area contributed by atoms with Gasteiger partial charge in [-0.1, -0.05) is 188 Å². The van der Waals surface area contributed by atoms with Crippen LogP contribution in [-0.4, -0.2) is 0 Å². The number of anilines is 3. The van der Waals surface area contributed by atoms with Gasteiger partial charge in [0.25, 0.3) is 0 Å². The lowest BCUT2D eigenvalue weighted by Crippen LogP contribution is -2.11. The van der Waals surface area contributed by atoms with Crippen molar-refractivity contribution in [2.24, 2.45) is 0 Å². The number of para-hydroxylation sites is 1. The van der Waals surface area contributed by atoms with Gasteiger partial charge in [0.1, 0.15) is 0 Å². The molecule has 250 valence electrons. The summed E-state index contributed by atoms with van der Waals surface area (Å²) in [5, 5.41) is 2.48. The van der Waals surface area contributed by atoms with Crippen LogP contribution in [0.1, 0.15) is 0 Å². The summed E-state index contributed by atoms with van der Waals surface area (Å²) in [5.74, 6) is 0. The van der Waals surface area contributed by atoms with Crippen LogP contribution in [0.5, 0.6) is 0 Å². The Morgan fingerprint density at radius 3 is 1.42 bits per heavy atom. The van der Waals surface area contributed by atoms with E-state index in [4.69, 9.17) is 0 Å². The minimum Gasteiger partial charge on any atom is -0.310 e. The molecule has 0 amide bonds. The summed E-state index contributed by atoms with van der Waals surface area (Å²) < 4.78 is 0. The van der Waals surface area contributed by atoms with Gasteiger partial charge in [0.2, 0.25) is 0 Å². The highest BCUT2D eigenvalue weighted by Gasteiger charge is 2.20. The van der Waals surface area contributed by atoms with Crippen molar-refractivity contribution in [1.82, 2.24) is 0 Å². The Kier molecular flexibility index (Phi) is 8.66. The smallest absolute Gasteiger partial charge is 0.0540 e. The first-order valence-electron chi connectivity index (χ1n) is 18.2. The third-order valence-corrected chi connectivity index (χ3v) is 10.1. The van der Waals surface area contributed by atoms with Gasteiger partial charge in [0.15, 0.2) is 0 Å². The van der Waals surface area contributed by atoms with Gasteiger partial charge in [-0.05, 0) is 97.2 Å². The second-order valence-electron chi connectivity index (χ2n) is 13.3. The van der Waals surface area contributed by atoms with Crippen molar-refractivity contribution in [2.45, 2.75) is 0 Å². The van der Waals surface area contributed by atoms with Crippen LogP contribution < -0.4 is 4.90 Å². The first-order chi connectivity index (χ1) is 26.3. The molecule has 1 nitrogen and oxygen atoms in total. The van der Waals surface area contributed by atoms with Gasteiger partial charge >= 0.3 is 0 Å². The number of hydrogen-bond acceptors (Lipinski definition) is 1. The summed E-state index contributed by atoms with van der Waals surface area (Å²) in [5.41, 5.74) is 15.2. The Hall–Kier alpha value is -6.96. The molecule has 1 heteroatoms. The summed E-state index contributed by atoms with van der Waals surface area (Å²) in [4.78, 5) is 2.41. The third-order valence-electron chi connectivity index (χ3n) is 10.1. The fourth-order valence-corrected chi connectivity index (χ4v) is 7.49. The van der Waals surface area contributed by atoms with Gasteiger partial charge < -0.3 is 4.90 Å². The van der Waals surface area contributed by atoms with E-state index >= 15 is 0 Å². The zero-order valence-electron chi connectivity index (χ0n) is 29.3. The Morgan fingerprint density at radius 2 is 0.698 bits per heavy atom. The molecule has 0 saturated carbocycles. The van der Waals surface area contributed by atoms with Gasteiger partial charge in [-0.3, -0.25) is 0 Å². The summed E-state index contributed by atoms with van der Waals surface area (Å²) in [6.45, 7) is 0. The average molecular weight is 676 g/mol. The molecule has 0 radical (unpaired) electrons. The lowest BCUT2D eigenvalue weighted by atomic mass is 9.88. The highest BCUT2D eigenvalue weighted by molar-refractivity contribution is 5.97. The normalized spacial score (nSPS) is 11.0. The van der Waals surface area contributed by atoms with Crippen molar-refractivity contribution in [3.8, 4) is 55.6 Å². The first kappa shape index (κ1) is 32.0. The van der Waals surface area contributed by atoms with Crippen molar-refractivity contribution in [3.63, 3.8) is 0 Å². The van der Waals surface area contributed by atoms with Crippen molar-refractivity contribution in [2.75, 3.05) is 4.90 Å². The third kappa shape index (κ3) is 6.42. The number of benzene rings is 9. The SMILES string of the molecule is c1ccc(-c2ccc(N(c3cccc(-c4ccc5ccccc5c4)c3)c3ccccc3-c3ccccc3-c3ccccc3-c3ccccc3)cc2)cc1. The Balaban J connectivity index is 1.22. The molecular weight excluding hydrogens is 639 g/mol. The van der Waals surface area contributed by atoms with Crippen LogP contribution in [0.15, 0.2) is 224 Å². The predicted molar refractivity (Wildman–Crippen MR) is 226 cm³/mol. The quantitative estimate of drug-likeness (QED) is 0.155. The van der Waals surface area contributed by atoms with Gasteiger partial charge in [0.05, 0.1) is 5.69 Å². The molecule has 0 spiro atoms. The van der Waals surface area contributed by atoms with Crippen LogP contribution in [0.3, 0.4) is 0 Å². The van der Waals surface area contributed by atoms with Crippen LogP contribution in [0, 0.1) is 0 Å². The van der Waals surface area contributed by atoms with Crippen LogP contribution in [0.4, 0.5) is 17.1 Å². The maximum Gasteiger partial charge on any atom is 0.0540 e. The molecule has 53 heavy (non-hydrogen) atoms. The molecule has 0 fully saturated rings. The van der Waals surface area contributed by atoms with Crippen LogP contribution in [-0.2, 0) is 0 Å². The van der Waals surface area contributed by atoms with Gasteiger partial charge in [-0.2, -0.15) is 0 Å². The fourth-order valence-electron chi connectivity index (χ4n) is 7.49. The monoisotopic (exact) mass is 675 g/mol. The molecule has 0 aliphatic rings. The molecule has 9 aromatic carbocycles. The van der Waals surface area contributed by atoms with Crippen LogP contribution in [0.25, 0.3) is 66.4 Å². The topological polar surface area (TPSA) is 3.24 Å². The molecule has 9 rings (SSSR count). The molecular formula is C52H37N. The van der Waals surface area contributed by atoms with E-state index in [0.29, 0.717) is 0 Å². The number of fused-ring (bicyclic) bond motifs is 1. The van der Waals surface area contributed by atoms with Crippen LogP contribution >= 0.6 is 0 Å². The second-order valence-corrected chi connectivity index (χ2v) is 13.3. The Bertz CT molecular complexity index is 2660. The molecule has 0 aliphatic carbocycles. The molecule has 0 saturated heterocycles. The van der Waals surface area contributed by atoms with E-state index in [9.17, 15) is 0 Å². The van der Waals surface area contributed by atoms with E-state index in [0.717, 1.165) is 22.6 Å². The summed E-state index contributed by atoms with van der Waals surface area (Å²) in [7, 11) is 0. The summed E-state index contributed by atoms with van der Waals surface area (Å²) in [6.07, 6.45) is 0. The predicted octanol–water partition coefficient (Wildman–Crippen LogP) is 14.6. The maximum atomic E-state index is 2.41. The van der Waals surface area contributed by atoms with E-state index < -0.39 is 0 Å². The van der Waals surface area contributed by atoms with E-state index in [-0.39, 0.29) is 0 Å². The molecule has 0 N–H and O–H groups in total. The molecule has 0 bridgehead atoms. The lowest BCUT2D eigenvalue weighted by molar-refractivity contribution is 1.28. The van der Waals surface area contributed by atoms with Gasteiger partial charge in [0, 0.05) is 16.9 Å². The van der Waals surface area contributed by atoms with Crippen molar-refractivity contribution >= 4 is 27.8 Å². The lowest BCUT2D eigenvalue weighted by Gasteiger charge is -2.29. The Morgan fingerprint density at radius 1 is 0.226 bits per heavy atom. The van der Waals surface area contributed by atoms with E-state index in [1.54, 1.807) is 0 Å². The number of nitrogens with zero attached hydrogens (tertiary/aromatic N) is 1. The van der Waals surface area contributed by atoms with Crippen LogP contribution in [0.2, 0.25) is 0 Å². The molecule has 0 aliphatic heterocycles. The molecule has 0 heterocycles. The van der Waals surface area contributed by atoms with E-state index in [1.165, 1.54) is 60.8 Å². The molecule has 0 unspecified atom stereocenters. The Labute approximate surface area is 311 Å². The van der Waals surface area contributed by atoms with E-state index in [1.807, 2.05) is 0 Å². The second kappa shape index (κ2) is 14.3. The zero-order valence-corrected chi connectivity index (χ0v) is 29.3. The average Bonchev–Trinajstić information content (AvgIpc) is 3.25.